The number of aliphatic imine (C=N–C) groups is 1. The van der Waals surface area contributed by atoms with Gasteiger partial charge in [0.1, 0.15) is 5.75 Å². The fraction of sp³-hybridized carbons (Fsp3) is 0.318. The third kappa shape index (κ3) is 4.46. The number of nitrogens with one attached hydrogen (secondary N) is 2. The molecule has 4 rings (SSSR count). The van der Waals surface area contributed by atoms with Gasteiger partial charge in [-0.05, 0) is 48.7 Å². The van der Waals surface area contributed by atoms with Crippen molar-refractivity contribution in [3.05, 3.63) is 59.3 Å². The molecule has 0 spiro atoms. The largest absolute Gasteiger partial charge is 0.497 e. The van der Waals surface area contributed by atoms with Crippen LogP contribution in [0.4, 0.5) is 5.95 Å². The smallest absolute Gasteiger partial charge is 0.230 e. The molecule has 150 valence electrons. The van der Waals surface area contributed by atoms with Crippen molar-refractivity contribution in [3.8, 4) is 5.75 Å². The number of aromatic nitrogens is 2. The summed E-state index contributed by atoms with van der Waals surface area (Å²) in [5.74, 6) is 2.13. The van der Waals surface area contributed by atoms with E-state index in [1.807, 2.05) is 19.1 Å². The number of ether oxygens (including phenoxy) is 1. The minimum absolute atomic E-state index is 0.564. The first-order valence-electron chi connectivity index (χ1n) is 9.82. The average Bonchev–Trinajstić information content (AvgIpc) is 2.75. The highest BCUT2D eigenvalue weighted by Gasteiger charge is 2.14. The van der Waals surface area contributed by atoms with Gasteiger partial charge in [0, 0.05) is 11.9 Å². The molecule has 0 radical (unpaired) electrons. The van der Waals surface area contributed by atoms with Crippen LogP contribution in [-0.4, -0.2) is 41.3 Å². The summed E-state index contributed by atoms with van der Waals surface area (Å²) < 4.78 is 5.21. The highest BCUT2D eigenvalue weighted by molar-refractivity contribution is 5.93. The summed E-state index contributed by atoms with van der Waals surface area (Å²) in [6.07, 6.45) is 1.00. The maximum Gasteiger partial charge on any atom is 0.230 e. The maximum absolute atomic E-state index is 5.21. The molecule has 0 amide bonds. The fourth-order valence-corrected chi connectivity index (χ4v) is 3.35. The Labute approximate surface area is 170 Å². The molecule has 1 aliphatic heterocycles. The number of methoxy groups -OCH3 is 1. The van der Waals surface area contributed by atoms with Gasteiger partial charge in [0.2, 0.25) is 11.9 Å². The molecule has 0 aliphatic carbocycles. The van der Waals surface area contributed by atoms with Gasteiger partial charge in [-0.3, -0.25) is 10.2 Å². The molecule has 0 bridgehead atoms. The highest BCUT2D eigenvalue weighted by atomic mass is 16.5. The van der Waals surface area contributed by atoms with Crippen LogP contribution in [0.15, 0.2) is 47.5 Å². The van der Waals surface area contributed by atoms with E-state index in [-0.39, 0.29) is 0 Å². The summed E-state index contributed by atoms with van der Waals surface area (Å²) in [5, 5.41) is 7.62. The second-order valence-electron chi connectivity index (χ2n) is 7.12. The van der Waals surface area contributed by atoms with Gasteiger partial charge < -0.3 is 10.1 Å². The number of anilines is 1. The lowest BCUT2D eigenvalue weighted by molar-refractivity contribution is 0.256. The molecule has 0 fully saturated rings. The lowest BCUT2D eigenvalue weighted by Gasteiger charge is -2.27. The van der Waals surface area contributed by atoms with Crippen molar-refractivity contribution in [2.75, 3.05) is 25.8 Å². The summed E-state index contributed by atoms with van der Waals surface area (Å²) in [7, 11) is 1.68. The molecule has 1 aromatic heterocycles. The molecule has 29 heavy (non-hydrogen) atoms. The predicted octanol–water partition coefficient (Wildman–Crippen LogP) is 3.30. The second kappa shape index (κ2) is 8.45. The first-order chi connectivity index (χ1) is 14.1. The molecular formula is C22H26N6O. The molecule has 2 heterocycles. The lowest BCUT2D eigenvalue weighted by Crippen LogP contribution is -2.45. The van der Waals surface area contributed by atoms with Gasteiger partial charge in [-0.1, -0.05) is 25.1 Å². The number of aryl methyl sites for hydroxylation is 2. The van der Waals surface area contributed by atoms with Gasteiger partial charge in [0.25, 0.3) is 0 Å². The third-order valence-electron chi connectivity index (χ3n) is 5.05. The van der Waals surface area contributed by atoms with Crippen LogP contribution in [0.2, 0.25) is 0 Å². The highest BCUT2D eigenvalue weighted by Crippen LogP contribution is 2.19. The number of nitrogens with zero attached hydrogens (tertiary/aromatic N) is 4. The van der Waals surface area contributed by atoms with E-state index in [1.54, 1.807) is 7.11 Å². The molecule has 0 unspecified atom stereocenters. The van der Waals surface area contributed by atoms with Crippen LogP contribution in [0.25, 0.3) is 10.9 Å². The molecule has 3 aromatic rings. The standard InChI is InChI=1S/C22H26N6O/c1-4-16-7-10-20-19(11-16)15(2)25-22(26-20)27-21-23-13-28(14-24-21)12-17-5-8-18(29-3)9-6-17/h5-11H,4,12-14H2,1-3H3,(H2,23,24,25,26,27). The van der Waals surface area contributed by atoms with Crippen molar-refractivity contribution in [3.63, 3.8) is 0 Å². The molecule has 2 aromatic carbocycles. The summed E-state index contributed by atoms with van der Waals surface area (Å²) >= 11 is 0. The number of hydrogen-bond acceptors (Lipinski definition) is 7. The Kier molecular flexibility index (Phi) is 5.57. The van der Waals surface area contributed by atoms with Gasteiger partial charge in [0.05, 0.1) is 31.7 Å². The van der Waals surface area contributed by atoms with Gasteiger partial charge in [-0.2, -0.15) is 0 Å². The lowest BCUT2D eigenvalue weighted by atomic mass is 10.1. The first-order valence-corrected chi connectivity index (χ1v) is 9.82. The van der Waals surface area contributed by atoms with Crippen molar-refractivity contribution in [1.29, 1.82) is 0 Å². The van der Waals surface area contributed by atoms with Crippen molar-refractivity contribution in [2.45, 2.75) is 26.8 Å². The number of fused-ring (bicyclic) bond motifs is 1. The van der Waals surface area contributed by atoms with E-state index in [1.165, 1.54) is 11.1 Å². The summed E-state index contributed by atoms with van der Waals surface area (Å²) in [5.41, 5.74) is 4.42. The molecule has 2 N–H and O–H groups in total. The average molecular weight is 390 g/mol. The number of rotatable bonds is 5. The summed E-state index contributed by atoms with van der Waals surface area (Å²) in [4.78, 5) is 16.0. The van der Waals surface area contributed by atoms with Gasteiger partial charge >= 0.3 is 0 Å². The Hall–Kier alpha value is -3.19. The van der Waals surface area contributed by atoms with Crippen LogP contribution in [0.1, 0.15) is 23.7 Å². The molecule has 0 atom stereocenters. The minimum Gasteiger partial charge on any atom is -0.497 e. The second-order valence-corrected chi connectivity index (χ2v) is 7.12. The third-order valence-corrected chi connectivity index (χ3v) is 5.05. The molecular weight excluding hydrogens is 364 g/mol. The monoisotopic (exact) mass is 390 g/mol. The molecule has 7 heteroatoms. The molecule has 0 saturated heterocycles. The van der Waals surface area contributed by atoms with E-state index in [2.05, 4.69) is 67.7 Å². The molecule has 0 saturated carbocycles. The van der Waals surface area contributed by atoms with Crippen LogP contribution >= 0.6 is 0 Å². The Bertz CT molecular complexity index is 1030. The zero-order chi connectivity index (χ0) is 20.2. The van der Waals surface area contributed by atoms with Crippen molar-refractivity contribution in [1.82, 2.24) is 20.2 Å². The Balaban J connectivity index is 1.41. The Morgan fingerprint density at radius 2 is 1.90 bits per heavy atom. The zero-order valence-corrected chi connectivity index (χ0v) is 17.1. The van der Waals surface area contributed by atoms with Crippen molar-refractivity contribution in [2.24, 2.45) is 4.99 Å². The van der Waals surface area contributed by atoms with E-state index in [9.17, 15) is 0 Å². The quantitative estimate of drug-likeness (QED) is 0.696. The van der Waals surface area contributed by atoms with Crippen LogP contribution < -0.4 is 15.4 Å². The van der Waals surface area contributed by atoms with Crippen LogP contribution in [0.3, 0.4) is 0 Å². The normalized spacial score (nSPS) is 14.4. The summed E-state index contributed by atoms with van der Waals surface area (Å²) in [6, 6.07) is 14.4. The topological polar surface area (TPSA) is 74.7 Å². The number of hydrogen-bond donors (Lipinski definition) is 2. The van der Waals surface area contributed by atoms with Crippen molar-refractivity contribution >= 4 is 22.8 Å². The predicted molar refractivity (Wildman–Crippen MR) is 116 cm³/mol. The number of benzene rings is 2. The molecule has 1 aliphatic rings. The van der Waals surface area contributed by atoms with E-state index in [0.717, 1.165) is 35.3 Å². The van der Waals surface area contributed by atoms with E-state index in [4.69, 9.17) is 4.74 Å². The maximum atomic E-state index is 5.21. The first kappa shape index (κ1) is 19.1. The number of guanidine groups is 1. The van der Waals surface area contributed by atoms with Crippen LogP contribution in [0.5, 0.6) is 5.75 Å². The van der Waals surface area contributed by atoms with Crippen LogP contribution in [-0.2, 0) is 13.0 Å². The van der Waals surface area contributed by atoms with Crippen molar-refractivity contribution < 1.29 is 4.74 Å². The van der Waals surface area contributed by atoms with E-state index in [0.29, 0.717) is 25.2 Å². The van der Waals surface area contributed by atoms with Gasteiger partial charge in [0.15, 0.2) is 0 Å². The SMILES string of the molecule is CCc1ccc2nc(NC3=NCN(Cc4ccc(OC)cc4)CN3)nc(C)c2c1. The zero-order valence-electron chi connectivity index (χ0n) is 17.1. The van der Waals surface area contributed by atoms with Gasteiger partial charge in [-0.15, -0.1) is 0 Å². The van der Waals surface area contributed by atoms with E-state index < -0.39 is 0 Å². The van der Waals surface area contributed by atoms with Crippen LogP contribution in [0, 0.1) is 6.92 Å². The fourth-order valence-electron chi connectivity index (χ4n) is 3.35. The Morgan fingerprint density at radius 3 is 2.59 bits per heavy atom. The summed E-state index contributed by atoms with van der Waals surface area (Å²) in [6.45, 7) is 6.29. The van der Waals surface area contributed by atoms with Gasteiger partial charge in [-0.25, -0.2) is 15.0 Å². The minimum atomic E-state index is 0.564. The molecule has 7 nitrogen and oxygen atoms in total. The van der Waals surface area contributed by atoms with E-state index >= 15 is 0 Å². The Morgan fingerprint density at radius 1 is 1.10 bits per heavy atom.